The van der Waals surface area contributed by atoms with Crippen molar-refractivity contribution >= 4 is 6.09 Å². The van der Waals surface area contributed by atoms with E-state index in [-0.39, 0.29) is 12.1 Å². The molecule has 21 heavy (non-hydrogen) atoms. The number of nitrogens with zero attached hydrogens (tertiary/aromatic N) is 1. The summed E-state index contributed by atoms with van der Waals surface area (Å²) < 4.78 is 10.6. The molecule has 1 aromatic carbocycles. The molecule has 0 saturated heterocycles. The molecule has 0 fully saturated rings. The van der Waals surface area contributed by atoms with Gasteiger partial charge in [-0.25, -0.2) is 4.79 Å². The molecule has 1 amide bonds. The summed E-state index contributed by atoms with van der Waals surface area (Å²) in [5.74, 6) is 0.838. The van der Waals surface area contributed by atoms with E-state index in [1.165, 1.54) is 5.56 Å². The van der Waals surface area contributed by atoms with E-state index in [0.29, 0.717) is 6.54 Å². The summed E-state index contributed by atoms with van der Waals surface area (Å²) in [5.41, 5.74) is 0.700. The third-order valence-corrected chi connectivity index (χ3v) is 3.29. The molecule has 1 heterocycles. The Morgan fingerprint density at radius 1 is 1.29 bits per heavy atom. The van der Waals surface area contributed by atoms with Gasteiger partial charge in [0, 0.05) is 6.54 Å². The van der Waals surface area contributed by atoms with Crippen LogP contribution in [0.25, 0.3) is 0 Å². The second kappa shape index (κ2) is 6.20. The minimum atomic E-state index is -0.468. The first-order valence-electron chi connectivity index (χ1n) is 7.18. The normalized spacial score (nSPS) is 17.9. The Morgan fingerprint density at radius 2 is 1.95 bits per heavy atom. The van der Waals surface area contributed by atoms with Crippen LogP contribution in [0.15, 0.2) is 36.4 Å². The van der Waals surface area contributed by atoms with Gasteiger partial charge in [-0.05, 0) is 44.9 Å². The van der Waals surface area contributed by atoms with E-state index in [1.807, 2.05) is 51.1 Å². The first-order valence-corrected chi connectivity index (χ1v) is 7.18. The Kier molecular flexibility index (Phi) is 4.56. The maximum atomic E-state index is 12.2. The molecule has 2 rings (SSSR count). The van der Waals surface area contributed by atoms with Gasteiger partial charge in [0.1, 0.15) is 11.4 Å². The molecule has 0 spiro atoms. The Morgan fingerprint density at radius 3 is 2.52 bits per heavy atom. The standard InChI is InChI=1S/C17H23NO3/c1-17(2,3)21-16(19)18-11-5-6-14(18)12-13-7-9-15(20-4)10-8-13/h5-10,14H,11-12H2,1-4H3/t14-/m1/s1. The van der Waals surface area contributed by atoms with Crippen molar-refractivity contribution in [1.29, 1.82) is 0 Å². The first-order chi connectivity index (χ1) is 9.89. The lowest BCUT2D eigenvalue weighted by molar-refractivity contribution is 0.0242. The van der Waals surface area contributed by atoms with Crippen LogP contribution >= 0.6 is 0 Å². The second-order valence-corrected chi connectivity index (χ2v) is 6.18. The van der Waals surface area contributed by atoms with Crippen molar-refractivity contribution in [2.45, 2.75) is 38.8 Å². The molecule has 1 atom stereocenters. The fraction of sp³-hybridized carbons (Fsp3) is 0.471. The maximum absolute atomic E-state index is 12.2. The van der Waals surface area contributed by atoms with Gasteiger partial charge in [0.15, 0.2) is 0 Å². The van der Waals surface area contributed by atoms with E-state index in [4.69, 9.17) is 9.47 Å². The van der Waals surface area contributed by atoms with Gasteiger partial charge in [0.2, 0.25) is 0 Å². The van der Waals surface area contributed by atoms with Gasteiger partial charge < -0.3 is 9.47 Å². The minimum absolute atomic E-state index is 0.0493. The molecule has 0 radical (unpaired) electrons. The Balaban J connectivity index is 2.01. The van der Waals surface area contributed by atoms with Gasteiger partial charge in [0.05, 0.1) is 13.2 Å². The third-order valence-electron chi connectivity index (χ3n) is 3.29. The lowest BCUT2D eigenvalue weighted by Crippen LogP contribution is -2.41. The van der Waals surface area contributed by atoms with Crippen LogP contribution in [0, 0.1) is 0 Å². The smallest absolute Gasteiger partial charge is 0.411 e. The number of rotatable bonds is 3. The number of benzene rings is 1. The van der Waals surface area contributed by atoms with E-state index in [1.54, 1.807) is 12.0 Å². The van der Waals surface area contributed by atoms with Gasteiger partial charge in [-0.3, -0.25) is 4.90 Å². The van der Waals surface area contributed by atoms with E-state index >= 15 is 0 Å². The predicted molar refractivity (Wildman–Crippen MR) is 82.6 cm³/mol. The van der Waals surface area contributed by atoms with Crippen LogP contribution in [-0.2, 0) is 11.2 Å². The van der Waals surface area contributed by atoms with Crippen LogP contribution in [0.2, 0.25) is 0 Å². The summed E-state index contributed by atoms with van der Waals surface area (Å²) in [5, 5.41) is 0. The SMILES string of the molecule is COc1ccc(C[C@H]2C=CCN2C(=O)OC(C)(C)C)cc1. The van der Waals surface area contributed by atoms with Crippen molar-refractivity contribution < 1.29 is 14.3 Å². The van der Waals surface area contributed by atoms with Gasteiger partial charge >= 0.3 is 6.09 Å². The number of hydrogen-bond acceptors (Lipinski definition) is 3. The molecule has 0 aliphatic carbocycles. The molecule has 0 saturated carbocycles. The number of ether oxygens (including phenoxy) is 2. The molecule has 114 valence electrons. The lowest BCUT2D eigenvalue weighted by Gasteiger charge is -2.28. The monoisotopic (exact) mass is 289 g/mol. The van der Waals surface area contributed by atoms with Crippen molar-refractivity contribution in [1.82, 2.24) is 4.90 Å². The summed E-state index contributed by atoms with van der Waals surface area (Å²) in [4.78, 5) is 14.0. The number of hydrogen-bond donors (Lipinski definition) is 0. The third kappa shape index (κ3) is 4.25. The Labute approximate surface area is 126 Å². The van der Waals surface area contributed by atoms with Crippen molar-refractivity contribution in [3.8, 4) is 5.75 Å². The molecule has 0 unspecified atom stereocenters. The van der Waals surface area contributed by atoms with Gasteiger partial charge in [-0.2, -0.15) is 0 Å². The minimum Gasteiger partial charge on any atom is -0.497 e. The molecular formula is C17H23NO3. The molecule has 4 heteroatoms. The zero-order valence-corrected chi connectivity index (χ0v) is 13.1. The van der Waals surface area contributed by atoms with Crippen molar-refractivity contribution in [3.63, 3.8) is 0 Å². The summed E-state index contributed by atoms with van der Waals surface area (Å²) in [6.07, 6.45) is 4.59. The fourth-order valence-electron chi connectivity index (χ4n) is 2.28. The first kappa shape index (κ1) is 15.4. The highest BCUT2D eigenvalue weighted by molar-refractivity contribution is 5.69. The average Bonchev–Trinajstić information content (AvgIpc) is 2.86. The molecule has 1 aromatic rings. The highest BCUT2D eigenvalue weighted by Crippen LogP contribution is 2.20. The Bertz CT molecular complexity index is 514. The van der Waals surface area contributed by atoms with E-state index < -0.39 is 5.60 Å². The molecule has 0 bridgehead atoms. The number of amides is 1. The van der Waals surface area contributed by atoms with E-state index in [9.17, 15) is 4.79 Å². The molecule has 0 aromatic heterocycles. The van der Waals surface area contributed by atoms with E-state index in [2.05, 4.69) is 6.08 Å². The number of carbonyl (C=O) groups is 1. The largest absolute Gasteiger partial charge is 0.497 e. The number of carbonyl (C=O) groups excluding carboxylic acids is 1. The summed E-state index contributed by atoms with van der Waals surface area (Å²) in [6.45, 7) is 6.25. The Hall–Kier alpha value is -1.97. The van der Waals surface area contributed by atoms with Gasteiger partial charge in [-0.1, -0.05) is 24.3 Å². The van der Waals surface area contributed by atoms with Gasteiger partial charge in [0.25, 0.3) is 0 Å². The highest BCUT2D eigenvalue weighted by Gasteiger charge is 2.29. The quantitative estimate of drug-likeness (QED) is 0.800. The fourth-order valence-corrected chi connectivity index (χ4v) is 2.28. The maximum Gasteiger partial charge on any atom is 0.411 e. The van der Waals surface area contributed by atoms with Crippen LogP contribution < -0.4 is 4.74 Å². The van der Waals surface area contributed by atoms with Crippen LogP contribution in [0.1, 0.15) is 26.3 Å². The zero-order valence-electron chi connectivity index (χ0n) is 13.1. The van der Waals surface area contributed by atoms with Crippen molar-refractivity contribution in [2.75, 3.05) is 13.7 Å². The van der Waals surface area contributed by atoms with Crippen molar-refractivity contribution in [2.24, 2.45) is 0 Å². The summed E-state index contributed by atoms with van der Waals surface area (Å²) in [6, 6.07) is 7.97. The highest BCUT2D eigenvalue weighted by atomic mass is 16.6. The predicted octanol–water partition coefficient (Wildman–Crippen LogP) is 3.41. The molecule has 4 nitrogen and oxygen atoms in total. The topological polar surface area (TPSA) is 38.8 Å². The van der Waals surface area contributed by atoms with Crippen molar-refractivity contribution in [3.05, 3.63) is 42.0 Å². The molecule has 1 aliphatic rings. The lowest BCUT2D eigenvalue weighted by atomic mass is 10.1. The summed E-state index contributed by atoms with van der Waals surface area (Å²) in [7, 11) is 1.65. The van der Waals surface area contributed by atoms with Gasteiger partial charge in [-0.15, -0.1) is 0 Å². The van der Waals surface area contributed by atoms with Crippen LogP contribution in [0.3, 0.4) is 0 Å². The average molecular weight is 289 g/mol. The molecule has 1 aliphatic heterocycles. The van der Waals surface area contributed by atoms with Crippen LogP contribution in [0.5, 0.6) is 5.75 Å². The summed E-state index contributed by atoms with van der Waals surface area (Å²) >= 11 is 0. The van der Waals surface area contributed by atoms with Crippen LogP contribution in [-0.4, -0.2) is 36.3 Å². The molecule has 0 N–H and O–H groups in total. The molecular weight excluding hydrogens is 266 g/mol. The van der Waals surface area contributed by atoms with Crippen LogP contribution in [0.4, 0.5) is 4.79 Å². The second-order valence-electron chi connectivity index (χ2n) is 6.18. The zero-order chi connectivity index (χ0) is 15.5. The number of methoxy groups -OCH3 is 1. The van der Waals surface area contributed by atoms with E-state index in [0.717, 1.165) is 12.2 Å².